The van der Waals surface area contributed by atoms with Crippen molar-refractivity contribution >= 4 is 23.6 Å². The van der Waals surface area contributed by atoms with Gasteiger partial charge in [0, 0.05) is 12.7 Å². The molecular weight excluding hydrogens is 282 g/mol. The van der Waals surface area contributed by atoms with Crippen LogP contribution in [0.15, 0.2) is 12.4 Å². The number of hydrogen-bond donors (Lipinski definition) is 3. The number of urea groups is 1. The highest BCUT2D eigenvalue weighted by molar-refractivity contribution is 5.93. The first-order chi connectivity index (χ1) is 9.97. The van der Waals surface area contributed by atoms with Crippen molar-refractivity contribution in [1.82, 2.24) is 14.7 Å². The lowest BCUT2D eigenvalue weighted by atomic mass is 10.2. The predicted molar refractivity (Wildman–Crippen MR) is 69.4 cm³/mol. The van der Waals surface area contributed by atoms with Gasteiger partial charge in [0.2, 0.25) is 5.91 Å². The van der Waals surface area contributed by atoms with Crippen molar-refractivity contribution in [1.29, 1.82) is 0 Å². The quantitative estimate of drug-likeness (QED) is 0.630. The number of aromatic nitrogens is 2. The first kappa shape index (κ1) is 14.8. The average molecular weight is 297 g/mol. The van der Waals surface area contributed by atoms with Crippen LogP contribution in [-0.2, 0) is 20.9 Å². The number of carboxylic acids is 1. The molecule has 1 aromatic rings. The van der Waals surface area contributed by atoms with Gasteiger partial charge in [0.15, 0.2) is 0 Å². The number of ether oxygens (including phenoxy) is 1. The van der Waals surface area contributed by atoms with Crippen molar-refractivity contribution < 1.29 is 24.2 Å². The highest BCUT2D eigenvalue weighted by Gasteiger charge is 2.31. The van der Waals surface area contributed by atoms with E-state index in [9.17, 15) is 14.4 Å². The van der Waals surface area contributed by atoms with Gasteiger partial charge in [0.25, 0.3) is 0 Å². The molecule has 1 aromatic heterocycles. The number of amides is 3. The van der Waals surface area contributed by atoms with Crippen molar-refractivity contribution in [3.63, 3.8) is 0 Å². The minimum absolute atomic E-state index is 0.0566. The van der Waals surface area contributed by atoms with E-state index in [1.807, 2.05) is 0 Å². The molecule has 0 bridgehead atoms. The zero-order chi connectivity index (χ0) is 15.4. The SMILES string of the molecule is NC(=O)C1COCCN1C(=O)Nc1cnn(CC(=O)O)c1. The van der Waals surface area contributed by atoms with Gasteiger partial charge >= 0.3 is 12.0 Å². The van der Waals surface area contributed by atoms with E-state index in [0.717, 1.165) is 0 Å². The van der Waals surface area contributed by atoms with Gasteiger partial charge in [-0.2, -0.15) is 5.10 Å². The molecule has 3 amide bonds. The van der Waals surface area contributed by atoms with Gasteiger partial charge in [0.05, 0.1) is 25.1 Å². The number of anilines is 1. The molecule has 1 atom stereocenters. The fraction of sp³-hybridized carbons (Fsp3) is 0.455. The van der Waals surface area contributed by atoms with Crippen LogP contribution in [0.3, 0.4) is 0 Å². The molecule has 0 saturated carbocycles. The Kier molecular flexibility index (Phi) is 4.38. The molecule has 4 N–H and O–H groups in total. The molecule has 1 fully saturated rings. The zero-order valence-corrected chi connectivity index (χ0v) is 11.1. The van der Waals surface area contributed by atoms with Crippen LogP contribution in [0, 0.1) is 0 Å². The second kappa shape index (κ2) is 6.22. The number of rotatable bonds is 4. The van der Waals surface area contributed by atoms with Crippen LogP contribution < -0.4 is 11.1 Å². The Morgan fingerprint density at radius 3 is 2.95 bits per heavy atom. The number of morpholine rings is 1. The van der Waals surface area contributed by atoms with Crippen molar-refractivity contribution in [3.8, 4) is 0 Å². The van der Waals surface area contributed by atoms with E-state index in [-0.39, 0.29) is 19.7 Å². The summed E-state index contributed by atoms with van der Waals surface area (Å²) < 4.78 is 6.29. The first-order valence-corrected chi connectivity index (χ1v) is 6.16. The molecule has 2 rings (SSSR count). The number of carbonyl (C=O) groups excluding carboxylic acids is 2. The summed E-state index contributed by atoms with van der Waals surface area (Å²) in [6.07, 6.45) is 2.70. The summed E-state index contributed by atoms with van der Waals surface area (Å²) in [5.41, 5.74) is 5.55. The molecule has 1 aliphatic rings. The monoisotopic (exact) mass is 297 g/mol. The van der Waals surface area contributed by atoms with Crippen LogP contribution in [0.5, 0.6) is 0 Å². The number of nitrogens with two attached hydrogens (primary N) is 1. The molecule has 1 unspecified atom stereocenters. The highest BCUT2D eigenvalue weighted by Crippen LogP contribution is 2.11. The minimum Gasteiger partial charge on any atom is -0.480 e. The van der Waals surface area contributed by atoms with Gasteiger partial charge in [-0.15, -0.1) is 0 Å². The number of aliphatic carboxylic acids is 1. The molecule has 114 valence electrons. The predicted octanol–water partition coefficient (Wildman–Crippen LogP) is -1.31. The number of primary amides is 1. The van der Waals surface area contributed by atoms with Gasteiger partial charge in [-0.3, -0.25) is 14.3 Å². The molecule has 21 heavy (non-hydrogen) atoms. The Morgan fingerprint density at radius 1 is 1.52 bits per heavy atom. The van der Waals surface area contributed by atoms with Crippen LogP contribution >= 0.6 is 0 Å². The summed E-state index contributed by atoms with van der Waals surface area (Å²) in [7, 11) is 0. The number of hydrogen-bond acceptors (Lipinski definition) is 5. The second-order valence-electron chi connectivity index (χ2n) is 4.44. The fourth-order valence-electron chi connectivity index (χ4n) is 1.93. The summed E-state index contributed by atoms with van der Waals surface area (Å²) in [5, 5.41) is 15.0. The molecule has 2 heterocycles. The molecule has 0 spiro atoms. The summed E-state index contributed by atoms with van der Waals surface area (Å²) >= 11 is 0. The average Bonchev–Trinajstić information content (AvgIpc) is 2.85. The van der Waals surface area contributed by atoms with Gasteiger partial charge in [-0.05, 0) is 0 Å². The maximum Gasteiger partial charge on any atom is 0.325 e. The molecule has 10 heteroatoms. The third-order valence-electron chi connectivity index (χ3n) is 2.90. The summed E-state index contributed by atoms with van der Waals surface area (Å²) in [6, 6.07) is -1.34. The van der Waals surface area contributed by atoms with E-state index >= 15 is 0 Å². The Bertz CT molecular complexity index is 557. The molecule has 0 aromatic carbocycles. The third-order valence-corrected chi connectivity index (χ3v) is 2.90. The summed E-state index contributed by atoms with van der Waals surface area (Å²) in [6.45, 7) is 0.302. The van der Waals surface area contributed by atoms with Crippen LogP contribution in [0.2, 0.25) is 0 Å². The van der Waals surface area contributed by atoms with Crippen LogP contribution in [0.1, 0.15) is 0 Å². The smallest absolute Gasteiger partial charge is 0.325 e. The van der Waals surface area contributed by atoms with E-state index in [2.05, 4.69) is 10.4 Å². The Hall–Kier alpha value is -2.62. The van der Waals surface area contributed by atoms with E-state index in [1.54, 1.807) is 0 Å². The van der Waals surface area contributed by atoms with Crippen molar-refractivity contribution in [2.45, 2.75) is 12.6 Å². The molecule has 0 radical (unpaired) electrons. The Morgan fingerprint density at radius 2 is 2.29 bits per heavy atom. The van der Waals surface area contributed by atoms with Gasteiger partial charge in [-0.25, -0.2) is 4.79 Å². The van der Waals surface area contributed by atoms with Crippen molar-refractivity contribution in [2.75, 3.05) is 25.1 Å². The van der Waals surface area contributed by atoms with Crippen LogP contribution in [-0.4, -0.2) is 63.5 Å². The topological polar surface area (TPSA) is 140 Å². The summed E-state index contributed by atoms with van der Waals surface area (Å²) in [4.78, 5) is 35.2. The molecular formula is C11H15N5O5. The van der Waals surface area contributed by atoms with Crippen LogP contribution in [0.4, 0.5) is 10.5 Å². The second-order valence-corrected chi connectivity index (χ2v) is 4.44. The van der Waals surface area contributed by atoms with Gasteiger partial charge in [-0.1, -0.05) is 0 Å². The number of carbonyl (C=O) groups is 3. The number of carboxylic acid groups (broad SMARTS) is 1. The van der Waals surface area contributed by atoms with Gasteiger partial charge < -0.3 is 25.8 Å². The number of nitrogens with one attached hydrogen (secondary N) is 1. The minimum atomic E-state index is -1.04. The van der Waals surface area contributed by atoms with Crippen LogP contribution in [0.25, 0.3) is 0 Å². The van der Waals surface area contributed by atoms with E-state index in [4.69, 9.17) is 15.6 Å². The first-order valence-electron chi connectivity index (χ1n) is 6.16. The van der Waals surface area contributed by atoms with E-state index in [0.29, 0.717) is 12.3 Å². The summed E-state index contributed by atoms with van der Waals surface area (Å²) in [5.74, 6) is -1.69. The highest BCUT2D eigenvalue weighted by atomic mass is 16.5. The lowest BCUT2D eigenvalue weighted by Gasteiger charge is -2.33. The molecule has 10 nitrogen and oxygen atoms in total. The lowest BCUT2D eigenvalue weighted by molar-refractivity contribution is -0.137. The molecule has 0 aliphatic carbocycles. The van der Waals surface area contributed by atoms with Crippen molar-refractivity contribution in [2.24, 2.45) is 5.73 Å². The normalized spacial score (nSPS) is 18.3. The lowest BCUT2D eigenvalue weighted by Crippen LogP contribution is -2.55. The Labute approximate surface area is 119 Å². The standard InChI is InChI=1S/C11H15N5O5/c12-10(19)8-6-21-2-1-16(8)11(20)14-7-3-13-15(4-7)5-9(17)18/h3-4,8H,1-2,5-6H2,(H2,12,19)(H,14,20)(H,17,18). The third kappa shape index (κ3) is 3.69. The largest absolute Gasteiger partial charge is 0.480 e. The maximum absolute atomic E-state index is 12.1. The fourth-order valence-corrected chi connectivity index (χ4v) is 1.93. The molecule has 1 saturated heterocycles. The molecule has 1 aliphatic heterocycles. The van der Waals surface area contributed by atoms with E-state index in [1.165, 1.54) is 22.0 Å². The number of nitrogens with zero attached hydrogens (tertiary/aromatic N) is 3. The maximum atomic E-state index is 12.1. The van der Waals surface area contributed by atoms with Crippen molar-refractivity contribution in [3.05, 3.63) is 12.4 Å². The van der Waals surface area contributed by atoms with Gasteiger partial charge in [0.1, 0.15) is 12.6 Å². The zero-order valence-electron chi connectivity index (χ0n) is 11.1. The van der Waals surface area contributed by atoms with E-state index < -0.39 is 23.9 Å². The Balaban J connectivity index is 2.01.